The largest absolute Gasteiger partial charge is 0.573 e. The zero-order valence-electron chi connectivity index (χ0n) is 26.5. The summed E-state index contributed by atoms with van der Waals surface area (Å²) < 4.78 is 69.8. The highest BCUT2D eigenvalue weighted by Crippen LogP contribution is 2.33. The second kappa shape index (κ2) is 13.0. The number of aliphatic hydroxyl groups excluding tert-OH is 1. The van der Waals surface area contributed by atoms with E-state index in [0.717, 1.165) is 17.5 Å². The van der Waals surface area contributed by atoms with Crippen molar-refractivity contribution in [2.24, 2.45) is 4.99 Å². The third-order valence-corrected chi connectivity index (χ3v) is 10.2. The summed E-state index contributed by atoms with van der Waals surface area (Å²) in [5, 5.41) is 17.4. The number of piperidine rings is 1. The predicted octanol–water partition coefficient (Wildman–Crippen LogP) is 3.10. The fraction of sp³-hybridized carbons (Fsp3) is 0.469. The first-order valence-electron chi connectivity index (χ1n) is 15.3. The molecule has 0 bridgehead atoms. The molecule has 0 saturated carbocycles. The van der Waals surface area contributed by atoms with Gasteiger partial charge >= 0.3 is 6.36 Å². The minimum Gasteiger partial charge on any atom is -0.406 e. The normalized spacial score (nSPS) is 21.9. The molecule has 0 unspecified atom stereocenters. The van der Waals surface area contributed by atoms with E-state index >= 15 is 0 Å². The number of sulfonamides is 1. The molecule has 5 rings (SSSR count). The van der Waals surface area contributed by atoms with Gasteiger partial charge in [0.2, 0.25) is 10.0 Å². The maximum absolute atomic E-state index is 13.3. The van der Waals surface area contributed by atoms with Crippen LogP contribution in [0.1, 0.15) is 59.3 Å². The number of benzene rings is 2. The summed E-state index contributed by atoms with van der Waals surface area (Å²) >= 11 is 0. The third-order valence-electron chi connectivity index (χ3n) is 8.60. The smallest absolute Gasteiger partial charge is 0.406 e. The number of nitrogens with zero attached hydrogens (tertiary/aromatic N) is 3. The Hall–Kier alpha value is -3.79. The van der Waals surface area contributed by atoms with Crippen molar-refractivity contribution in [3.05, 3.63) is 69.6 Å². The standard InChI is InChI=1S/C32H38F3N5O6S/c1-19(2)36-26-17-39(18-27(26)41)29(42)23-14-20(3)25(21(4)15-23)8-13-47(44,45)40-11-9-31(10-12-40)30(43)37-28(38-31)22-6-5-7-24(16-22)46-32(33,34)35/h5-8,13-16,19,26-27,36,41H,9-12,17-18H2,1-4H3,(H,37,38,43)/b13-8+/t26-,27-/m0/s1. The van der Waals surface area contributed by atoms with Crippen molar-refractivity contribution in [1.82, 2.24) is 19.8 Å². The van der Waals surface area contributed by atoms with Crippen LogP contribution < -0.4 is 15.4 Å². The molecule has 11 nitrogen and oxygen atoms in total. The van der Waals surface area contributed by atoms with Crippen molar-refractivity contribution in [1.29, 1.82) is 0 Å². The maximum Gasteiger partial charge on any atom is 0.573 e. The van der Waals surface area contributed by atoms with Crippen molar-refractivity contribution in [3.63, 3.8) is 0 Å². The van der Waals surface area contributed by atoms with Crippen LogP contribution in [-0.2, 0) is 14.8 Å². The molecule has 15 heteroatoms. The number of rotatable bonds is 8. The van der Waals surface area contributed by atoms with E-state index in [9.17, 15) is 36.3 Å². The molecule has 2 fully saturated rings. The zero-order valence-corrected chi connectivity index (χ0v) is 27.3. The van der Waals surface area contributed by atoms with Crippen LogP contribution in [0.15, 0.2) is 46.8 Å². The zero-order chi connectivity index (χ0) is 34.3. The van der Waals surface area contributed by atoms with E-state index in [0.29, 0.717) is 28.8 Å². The van der Waals surface area contributed by atoms with E-state index in [1.165, 1.54) is 22.5 Å². The summed E-state index contributed by atoms with van der Waals surface area (Å²) in [4.78, 5) is 32.3. The molecule has 3 aliphatic rings. The summed E-state index contributed by atoms with van der Waals surface area (Å²) in [7, 11) is -3.89. The van der Waals surface area contributed by atoms with E-state index < -0.39 is 39.7 Å². The average Bonchev–Trinajstić information content (AvgIpc) is 3.49. The number of nitrogens with one attached hydrogen (secondary N) is 2. The number of likely N-dealkylation sites (tertiary alicyclic amines) is 1. The van der Waals surface area contributed by atoms with Gasteiger partial charge in [0, 0.05) is 48.8 Å². The van der Waals surface area contributed by atoms with Crippen molar-refractivity contribution < 1.29 is 41.0 Å². The lowest BCUT2D eigenvalue weighted by Gasteiger charge is -2.34. The van der Waals surface area contributed by atoms with Crippen LogP contribution in [0.3, 0.4) is 0 Å². The number of carbonyl (C=O) groups excluding carboxylic acids is 2. The monoisotopic (exact) mass is 677 g/mol. The fourth-order valence-electron chi connectivity index (χ4n) is 6.27. The van der Waals surface area contributed by atoms with Gasteiger partial charge in [0.1, 0.15) is 17.1 Å². The summed E-state index contributed by atoms with van der Waals surface area (Å²) in [6.45, 7) is 8.15. The van der Waals surface area contributed by atoms with E-state index in [-0.39, 0.29) is 61.9 Å². The molecule has 0 aliphatic carbocycles. The molecule has 2 aromatic rings. The molecule has 2 atom stereocenters. The number of alkyl halides is 3. The van der Waals surface area contributed by atoms with Crippen molar-refractivity contribution in [2.75, 3.05) is 26.2 Å². The molecule has 3 N–H and O–H groups in total. The van der Waals surface area contributed by atoms with Crippen LogP contribution in [0, 0.1) is 13.8 Å². The fourth-order valence-corrected chi connectivity index (χ4v) is 7.44. The number of amidine groups is 1. The van der Waals surface area contributed by atoms with Gasteiger partial charge in [-0.05, 0) is 73.7 Å². The SMILES string of the molecule is Cc1cc(C(=O)N2C[C@H](NC(C)C)[C@@H](O)C2)cc(C)c1/C=C/S(=O)(=O)N1CCC2(CC1)N=C(c1cccc(OC(F)(F)F)c1)NC2=O. The molecule has 0 aromatic heterocycles. The highest BCUT2D eigenvalue weighted by molar-refractivity contribution is 7.92. The van der Waals surface area contributed by atoms with Gasteiger partial charge in [0.15, 0.2) is 0 Å². The van der Waals surface area contributed by atoms with Crippen molar-refractivity contribution >= 4 is 33.7 Å². The summed E-state index contributed by atoms with van der Waals surface area (Å²) in [6.07, 6.45) is -3.88. The lowest BCUT2D eigenvalue weighted by atomic mass is 9.89. The van der Waals surface area contributed by atoms with Crippen LogP contribution in [0.4, 0.5) is 13.2 Å². The third kappa shape index (κ3) is 7.69. The molecule has 2 saturated heterocycles. The highest BCUT2D eigenvalue weighted by Gasteiger charge is 2.47. The number of carbonyl (C=O) groups is 2. The Morgan fingerprint density at radius 2 is 1.81 bits per heavy atom. The number of aryl methyl sites for hydroxylation is 2. The Morgan fingerprint density at radius 1 is 1.15 bits per heavy atom. The molecule has 3 aliphatic heterocycles. The highest BCUT2D eigenvalue weighted by atomic mass is 32.2. The minimum atomic E-state index is -4.87. The van der Waals surface area contributed by atoms with Crippen LogP contribution in [0.2, 0.25) is 0 Å². The van der Waals surface area contributed by atoms with E-state index in [1.807, 2.05) is 13.8 Å². The number of hydrogen-bond acceptors (Lipinski definition) is 8. The Kier molecular flexibility index (Phi) is 9.57. The summed E-state index contributed by atoms with van der Waals surface area (Å²) in [5.41, 5.74) is 1.52. The quantitative estimate of drug-likeness (QED) is 0.390. The van der Waals surface area contributed by atoms with Gasteiger partial charge in [-0.3, -0.25) is 14.6 Å². The van der Waals surface area contributed by atoms with E-state index in [1.54, 1.807) is 30.9 Å². The number of halogens is 3. The lowest BCUT2D eigenvalue weighted by molar-refractivity contribution is -0.274. The molecule has 0 radical (unpaired) electrons. The van der Waals surface area contributed by atoms with Crippen LogP contribution in [0.25, 0.3) is 6.08 Å². The van der Waals surface area contributed by atoms with Gasteiger partial charge in [-0.2, -0.15) is 4.31 Å². The summed E-state index contributed by atoms with van der Waals surface area (Å²) in [5.74, 6) is -1.01. The maximum atomic E-state index is 13.3. The number of aliphatic imine (C=N–C) groups is 1. The molecular formula is C32H38F3N5O6S. The molecular weight excluding hydrogens is 639 g/mol. The van der Waals surface area contributed by atoms with Crippen LogP contribution in [0.5, 0.6) is 5.75 Å². The number of aliphatic hydroxyl groups is 1. The molecule has 2 amide bonds. The Bertz CT molecular complexity index is 1690. The first kappa shape index (κ1) is 34.5. The Morgan fingerprint density at radius 3 is 2.43 bits per heavy atom. The molecule has 2 aromatic carbocycles. The van der Waals surface area contributed by atoms with Gasteiger partial charge in [0.25, 0.3) is 11.8 Å². The van der Waals surface area contributed by atoms with E-state index in [2.05, 4.69) is 20.4 Å². The Balaban J connectivity index is 1.24. The first-order chi connectivity index (χ1) is 22.0. The average molecular weight is 678 g/mol. The topological polar surface area (TPSA) is 141 Å². The molecule has 47 heavy (non-hydrogen) atoms. The predicted molar refractivity (Wildman–Crippen MR) is 169 cm³/mol. The molecule has 1 spiro atoms. The number of amides is 2. The second-order valence-corrected chi connectivity index (χ2v) is 14.3. The second-order valence-electron chi connectivity index (χ2n) is 12.5. The van der Waals surface area contributed by atoms with Gasteiger partial charge < -0.3 is 25.4 Å². The van der Waals surface area contributed by atoms with Crippen molar-refractivity contribution in [2.45, 2.75) is 70.6 Å². The van der Waals surface area contributed by atoms with Crippen LogP contribution >= 0.6 is 0 Å². The number of hydrogen-bond donors (Lipinski definition) is 3. The van der Waals surface area contributed by atoms with Gasteiger partial charge in [0.05, 0.1) is 12.1 Å². The van der Waals surface area contributed by atoms with E-state index in [4.69, 9.17) is 0 Å². The molecule has 254 valence electrons. The minimum absolute atomic E-state index is 0.00779. The number of ether oxygens (including phenoxy) is 1. The van der Waals surface area contributed by atoms with Crippen LogP contribution in [-0.4, -0.2) is 96.6 Å². The van der Waals surface area contributed by atoms with Gasteiger partial charge in [-0.25, -0.2) is 8.42 Å². The molecule has 3 heterocycles. The number of β-amino-alcohol motifs (C(OH)–C–C–N with tert-alkyl or cyclic N) is 1. The van der Waals surface area contributed by atoms with Gasteiger partial charge in [-0.1, -0.05) is 26.0 Å². The Labute approximate surface area is 271 Å². The van der Waals surface area contributed by atoms with Crippen molar-refractivity contribution in [3.8, 4) is 5.75 Å². The lowest BCUT2D eigenvalue weighted by Crippen LogP contribution is -2.50. The summed E-state index contributed by atoms with van der Waals surface area (Å²) in [6, 6.07) is 8.48. The first-order valence-corrected chi connectivity index (χ1v) is 16.8. The van der Waals surface area contributed by atoms with Gasteiger partial charge in [-0.15, -0.1) is 13.2 Å².